The summed E-state index contributed by atoms with van der Waals surface area (Å²) in [5.74, 6) is -4.22. The lowest BCUT2D eigenvalue weighted by Gasteiger charge is -2.47. The molecule has 9 atom stereocenters. The molecule has 19 heteroatoms. The summed E-state index contributed by atoms with van der Waals surface area (Å²) in [6, 6.07) is 13.0. The summed E-state index contributed by atoms with van der Waals surface area (Å²) in [7, 11) is 0. The highest BCUT2D eigenvalue weighted by atomic mass is 16.7. The van der Waals surface area contributed by atoms with E-state index in [9.17, 15) is 49.8 Å². The second-order valence-corrected chi connectivity index (χ2v) is 17.3. The summed E-state index contributed by atoms with van der Waals surface area (Å²) in [4.78, 5) is 63.7. The fraction of sp³-hybridized carbons (Fsp3) is 0.457. The minimum absolute atomic E-state index is 0.00913. The van der Waals surface area contributed by atoms with E-state index in [1.807, 2.05) is 6.07 Å². The van der Waals surface area contributed by atoms with Gasteiger partial charge in [0.2, 0.25) is 18.0 Å². The number of amidine groups is 1. The number of nitrogens with zero attached hydrogens (tertiary/aromatic N) is 2. The molecule has 4 aliphatic heterocycles. The number of carbonyl (C=O) groups is 4. The number of ether oxygens (including phenoxy) is 4. The maximum atomic E-state index is 14.9. The van der Waals surface area contributed by atoms with Crippen LogP contribution in [0.3, 0.4) is 0 Å². The predicted molar refractivity (Wildman–Crippen MR) is 227 cm³/mol. The molecule has 2 fully saturated rings. The number of hydrogen-bond donors (Lipinski definition) is 9. The van der Waals surface area contributed by atoms with Gasteiger partial charge in [-0.2, -0.15) is 4.99 Å². The number of aliphatic hydroxyl groups excluding tert-OH is 6. The van der Waals surface area contributed by atoms with Crippen molar-refractivity contribution in [3.05, 3.63) is 87.5 Å². The average molecular weight is 897 g/mol. The number of fused-ring (bicyclic) bond motifs is 7. The van der Waals surface area contributed by atoms with E-state index in [2.05, 4.69) is 15.3 Å². The van der Waals surface area contributed by atoms with E-state index in [-0.39, 0.29) is 96.0 Å². The van der Waals surface area contributed by atoms with Gasteiger partial charge in [-0.25, -0.2) is 9.89 Å². The van der Waals surface area contributed by atoms with Crippen molar-refractivity contribution in [3.8, 4) is 11.5 Å². The van der Waals surface area contributed by atoms with Gasteiger partial charge in [0, 0.05) is 46.8 Å². The predicted octanol–water partition coefficient (Wildman–Crippen LogP) is -0.275. The van der Waals surface area contributed by atoms with Gasteiger partial charge < -0.3 is 54.4 Å². The molecule has 65 heavy (non-hydrogen) atoms. The molecule has 6 aliphatic rings. The van der Waals surface area contributed by atoms with Gasteiger partial charge in [0.15, 0.2) is 29.7 Å². The van der Waals surface area contributed by atoms with Crippen molar-refractivity contribution < 1.29 is 73.7 Å². The van der Waals surface area contributed by atoms with Crippen molar-refractivity contribution in [3.63, 3.8) is 0 Å². The number of quaternary nitrogens is 1. The number of guanidine groups is 1. The Kier molecular flexibility index (Phi) is 12.3. The first kappa shape index (κ1) is 44.6. The molecule has 9 N–H and O–H groups in total. The summed E-state index contributed by atoms with van der Waals surface area (Å²) in [6.07, 6.45) is -6.87. The van der Waals surface area contributed by atoms with Gasteiger partial charge in [-0.15, -0.1) is 0 Å². The van der Waals surface area contributed by atoms with Crippen molar-refractivity contribution in [2.24, 2.45) is 15.9 Å². The van der Waals surface area contributed by atoms with Gasteiger partial charge >= 0.3 is 0 Å². The van der Waals surface area contributed by atoms with Crippen molar-refractivity contribution >= 4 is 47.0 Å². The lowest BCUT2D eigenvalue weighted by atomic mass is 9.74. The van der Waals surface area contributed by atoms with Crippen molar-refractivity contribution in [2.45, 2.75) is 99.9 Å². The van der Waals surface area contributed by atoms with E-state index in [1.165, 1.54) is 24.3 Å². The number of carbonyl (C=O) groups excluding carboxylic acids is 4. The maximum absolute atomic E-state index is 14.9. The van der Waals surface area contributed by atoms with E-state index < -0.39 is 84.9 Å². The number of rotatable bonds is 11. The second kappa shape index (κ2) is 18.0. The Morgan fingerprint density at radius 3 is 2.51 bits per heavy atom. The third kappa shape index (κ3) is 7.79. The highest BCUT2D eigenvalue weighted by Gasteiger charge is 2.57. The number of aldehydes is 1. The van der Waals surface area contributed by atoms with Crippen molar-refractivity contribution in [1.29, 1.82) is 5.41 Å². The van der Waals surface area contributed by atoms with Gasteiger partial charge in [-0.05, 0) is 61.4 Å². The Morgan fingerprint density at radius 1 is 0.969 bits per heavy atom. The molecule has 1 saturated heterocycles. The molecule has 0 aromatic heterocycles. The molecule has 3 aromatic rings. The van der Waals surface area contributed by atoms with Crippen LogP contribution in [0.2, 0.25) is 0 Å². The summed E-state index contributed by atoms with van der Waals surface area (Å²) in [5.41, 5.74) is 0.104. The summed E-state index contributed by atoms with van der Waals surface area (Å²) in [6.45, 7) is -1.29. The minimum atomic E-state index is -1.89. The standard InChI is InChI=1S/C46H49N5O14/c47-45-49-42-33(43(61)50-45)48-21-51(42)30-8-2-1-7-26(30)31-23(6-5-14-52)19-63-46(12-3-4-13-46)41-37(59)36(58)38(60)44(65-41)64-39-29(31)17-28-32(40(39)62-20-24(55)11-15-53)35(57)27-16-22(18-54)9-10-25(27)34(28)56/h1-2,7-10,15-17,23-24,31,36-38,41,44,52,54-55,58-60H,3-6,11-14,18-21H2,(H2,47,50,61)/p+1/t23-,24-,31-,36-,37-,38+,41-,44+/m1/s1. The largest absolute Gasteiger partial charge is 0.486 e. The zero-order valence-corrected chi connectivity index (χ0v) is 35.1. The van der Waals surface area contributed by atoms with Crippen LogP contribution in [0.5, 0.6) is 11.5 Å². The molecule has 1 spiro atoms. The van der Waals surface area contributed by atoms with Crippen molar-refractivity contribution in [2.75, 3.05) is 26.5 Å². The third-order valence-corrected chi connectivity index (χ3v) is 13.4. The van der Waals surface area contributed by atoms with E-state index in [4.69, 9.17) is 24.4 Å². The normalized spacial score (nSPS) is 28.4. The van der Waals surface area contributed by atoms with E-state index >= 15 is 0 Å². The molecular formula is C46H50N5O14+. The molecule has 1 amide bonds. The van der Waals surface area contributed by atoms with Gasteiger partial charge in [0.25, 0.3) is 11.7 Å². The van der Waals surface area contributed by atoms with Crippen LogP contribution in [-0.4, -0.2) is 141 Å². The number of aliphatic imine (C=N–C) groups is 2. The fourth-order valence-electron chi connectivity index (χ4n) is 10.2. The van der Waals surface area contributed by atoms with Crippen LogP contribution < -0.4 is 19.7 Å². The molecule has 19 nitrogen and oxygen atoms in total. The Balaban J connectivity index is 1.34. The maximum Gasteiger partial charge on any atom is 0.284 e. The number of nitrogens with one attached hydrogen (secondary N) is 3. The molecule has 1 unspecified atom stereocenters. The Bertz CT molecular complexity index is 2500. The molecule has 3 aromatic carbocycles. The first-order valence-electron chi connectivity index (χ1n) is 21.8. The lowest BCUT2D eigenvalue weighted by Crippen LogP contribution is -3.09. The first-order valence-corrected chi connectivity index (χ1v) is 21.8. The van der Waals surface area contributed by atoms with Crippen LogP contribution in [0, 0.1) is 11.3 Å². The van der Waals surface area contributed by atoms with Gasteiger partial charge in [0.1, 0.15) is 43.0 Å². The Hall–Kier alpha value is -5.61. The monoisotopic (exact) mass is 896 g/mol. The molecule has 4 heterocycles. The smallest absolute Gasteiger partial charge is 0.284 e. The zero-order valence-electron chi connectivity index (χ0n) is 35.1. The first-order chi connectivity index (χ1) is 31.4. The number of amides is 1. The zero-order chi connectivity index (χ0) is 45.7. The number of benzene rings is 3. The molecule has 2 bridgehead atoms. The van der Waals surface area contributed by atoms with E-state index in [1.54, 1.807) is 18.2 Å². The van der Waals surface area contributed by atoms with Crippen LogP contribution in [0.4, 0.5) is 5.69 Å². The molecule has 342 valence electrons. The summed E-state index contributed by atoms with van der Waals surface area (Å²) < 4.78 is 26.6. The molecule has 2 aliphatic carbocycles. The molecule has 1 saturated carbocycles. The highest BCUT2D eigenvalue weighted by molar-refractivity contribution is 6.68. The third-order valence-electron chi connectivity index (χ3n) is 13.4. The number of ketones is 2. The molecule has 0 radical (unpaired) electrons. The van der Waals surface area contributed by atoms with Gasteiger partial charge in [-0.3, -0.25) is 25.1 Å². The number of aliphatic hydroxyl groups is 6. The number of para-hydroxylation sites is 1. The lowest BCUT2D eigenvalue weighted by molar-refractivity contribution is -0.723. The van der Waals surface area contributed by atoms with Gasteiger partial charge in [-0.1, -0.05) is 37.1 Å². The highest BCUT2D eigenvalue weighted by Crippen LogP contribution is 2.52. The van der Waals surface area contributed by atoms with E-state index in [0.29, 0.717) is 53.7 Å². The SMILES string of the molecule is N=C1N=C2C(=NC[NH+]2c2ccccc2[C@@H]2c3cc4c(c(OC[C@H](O)CC=O)c3O[C@H]3O[C@H]([C@H](O)[C@@H](O)[C@@H]3O)C3(CCCC3)OC[C@H]2CCCO)C(=O)c2cc(CO)ccc2C4=O)C(=O)N1. The van der Waals surface area contributed by atoms with Crippen LogP contribution in [0.15, 0.2) is 58.5 Å². The van der Waals surface area contributed by atoms with Crippen molar-refractivity contribution in [1.82, 2.24) is 5.32 Å². The fourth-order valence-corrected chi connectivity index (χ4v) is 10.2. The quantitative estimate of drug-likeness (QED) is 0.0877. The average Bonchev–Trinajstić information content (AvgIpc) is 3.96. The molecular weight excluding hydrogens is 847 g/mol. The van der Waals surface area contributed by atoms with Crippen LogP contribution in [-0.2, 0) is 25.7 Å². The van der Waals surface area contributed by atoms with E-state index in [0.717, 1.165) is 0 Å². The van der Waals surface area contributed by atoms with Gasteiger partial charge in [0.05, 0.1) is 30.5 Å². The summed E-state index contributed by atoms with van der Waals surface area (Å²) >= 11 is 0. The Labute approximate surface area is 371 Å². The number of hydrogen-bond acceptors (Lipinski definition) is 16. The summed E-state index contributed by atoms with van der Waals surface area (Å²) in [5, 5.41) is 76.7. The Morgan fingerprint density at radius 2 is 1.75 bits per heavy atom. The molecule has 9 rings (SSSR count). The second-order valence-electron chi connectivity index (χ2n) is 17.3. The van der Waals surface area contributed by atoms with Crippen LogP contribution in [0.25, 0.3) is 0 Å². The van der Waals surface area contributed by atoms with Crippen LogP contribution >= 0.6 is 0 Å². The van der Waals surface area contributed by atoms with Crippen LogP contribution in [0.1, 0.15) is 99.4 Å². The minimum Gasteiger partial charge on any atom is -0.486 e. The topological polar surface area (TPSA) is 292 Å².